The number of nitrogens with one attached hydrogen (secondary N) is 2. The Bertz CT molecular complexity index is 202. The molecule has 0 heterocycles. The van der Waals surface area contributed by atoms with Crippen molar-refractivity contribution in [1.29, 1.82) is 5.41 Å². The molecule has 0 aromatic carbocycles. The number of rotatable bonds is 5. The standard InChI is InChI=1S/C10H14N2/c1-3-4-6-10(9-12-2)7-5-8-11/h3-9,11-12H,1H2,2H3/b6-4-,7-5-,10-9?,11-8?. The zero-order valence-corrected chi connectivity index (χ0v) is 7.25. The SMILES string of the molecule is C=C/C=C\C(=CNC)/C=C\C=N. The minimum absolute atomic E-state index is 1.00. The van der Waals surface area contributed by atoms with Crippen LogP contribution >= 0.6 is 0 Å². The maximum atomic E-state index is 6.80. The third-order valence-corrected chi connectivity index (χ3v) is 1.12. The monoisotopic (exact) mass is 162 g/mol. The quantitative estimate of drug-likeness (QED) is 0.471. The molecule has 0 aliphatic rings. The lowest BCUT2D eigenvalue weighted by atomic mass is 10.2. The van der Waals surface area contributed by atoms with Crippen LogP contribution in [0.1, 0.15) is 0 Å². The molecule has 0 aliphatic carbocycles. The highest BCUT2D eigenvalue weighted by atomic mass is 14.8. The van der Waals surface area contributed by atoms with Gasteiger partial charge in [0.2, 0.25) is 0 Å². The van der Waals surface area contributed by atoms with Crippen LogP contribution < -0.4 is 5.32 Å². The summed E-state index contributed by atoms with van der Waals surface area (Å²) in [6.07, 6.45) is 12.0. The van der Waals surface area contributed by atoms with E-state index in [1.807, 2.05) is 31.5 Å². The number of allylic oxidation sites excluding steroid dienone is 6. The largest absolute Gasteiger partial charge is 0.393 e. The van der Waals surface area contributed by atoms with Gasteiger partial charge in [0, 0.05) is 19.5 Å². The second-order valence-corrected chi connectivity index (χ2v) is 2.05. The van der Waals surface area contributed by atoms with E-state index in [0.29, 0.717) is 0 Å². The van der Waals surface area contributed by atoms with Crippen molar-refractivity contribution in [2.75, 3.05) is 7.05 Å². The smallest absolute Gasteiger partial charge is 0.0177 e. The van der Waals surface area contributed by atoms with Gasteiger partial charge in [0.05, 0.1) is 0 Å². The molecule has 0 amide bonds. The summed E-state index contributed by atoms with van der Waals surface area (Å²) in [4.78, 5) is 0. The highest BCUT2D eigenvalue weighted by Gasteiger charge is 1.81. The molecular formula is C10H14N2. The first-order valence-electron chi connectivity index (χ1n) is 3.68. The van der Waals surface area contributed by atoms with Gasteiger partial charge in [-0.1, -0.05) is 30.9 Å². The number of hydrogen-bond acceptors (Lipinski definition) is 2. The second-order valence-electron chi connectivity index (χ2n) is 2.05. The molecule has 2 N–H and O–H groups in total. The topological polar surface area (TPSA) is 35.9 Å². The van der Waals surface area contributed by atoms with E-state index in [2.05, 4.69) is 11.9 Å². The molecular weight excluding hydrogens is 148 g/mol. The van der Waals surface area contributed by atoms with Crippen LogP contribution in [0.2, 0.25) is 0 Å². The molecule has 0 aromatic rings. The van der Waals surface area contributed by atoms with E-state index in [1.54, 1.807) is 12.2 Å². The Morgan fingerprint density at radius 1 is 1.33 bits per heavy atom. The molecule has 0 saturated carbocycles. The van der Waals surface area contributed by atoms with Crippen molar-refractivity contribution in [3.8, 4) is 0 Å². The van der Waals surface area contributed by atoms with Crippen LogP contribution in [0.15, 0.2) is 48.7 Å². The Morgan fingerprint density at radius 3 is 2.50 bits per heavy atom. The van der Waals surface area contributed by atoms with Crippen LogP contribution in [0.3, 0.4) is 0 Å². The van der Waals surface area contributed by atoms with Gasteiger partial charge in [-0.3, -0.25) is 0 Å². The van der Waals surface area contributed by atoms with Gasteiger partial charge in [0.1, 0.15) is 0 Å². The summed E-state index contributed by atoms with van der Waals surface area (Å²) in [6.45, 7) is 3.57. The second kappa shape index (κ2) is 7.54. The summed E-state index contributed by atoms with van der Waals surface area (Å²) in [6, 6.07) is 0. The van der Waals surface area contributed by atoms with Gasteiger partial charge in [0.25, 0.3) is 0 Å². The lowest BCUT2D eigenvalue weighted by Crippen LogP contribution is -1.93. The Morgan fingerprint density at radius 2 is 2.00 bits per heavy atom. The molecule has 12 heavy (non-hydrogen) atoms. The Kier molecular flexibility index (Phi) is 6.55. The van der Waals surface area contributed by atoms with Crippen LogP contribution in [0, 0.1) is 5.41 Å². The van der Waals surface area contributed by atoms with Crippen molar-refractivity contribution in [2.45, 2.75) is 0 Å². The van der Waals surface area contributed by atoms with Gasteiger partial charge in [-0.2, -0.15) is 0 Å². The molecule has 2 heteroatoms. The fraction of sp³-hybridized carbons (Fsp3) is 0.100. The van der Waals surface area contributed by atoms with Crippen molar-refractivity contribution in [3.63, 3.8) is 0 Å². The molecule has 0 aliphatic heterocycles. The first-order valence-corrected chi connectivity index (χ1v) is 3.68. The van der Waals surface area contributed by atoms with Gasteiger partial charge in [-0.05, 0) is 11.6 Å². The van der Waals surface area contributed by atoms with E-state index in [-0.39, 0.29) is 0 Å². The molecule has 0 bridgehead atoms. The molecule has 0 rings (SSSR count). The van der Waals surface area contributed by atoms with Crippen molar-refractivity contribution in [1.82, 2.24) is 5.32 Å². The number of hydrogen-bond donors (Lipinski definition) is 2. The van der Waals surface area contributed by atoms with E-state index in [0.717, 1.165) is 5.57 Å². The van der Waals surface area contributed by atoms with E-state index in [9.17, 15) is 0 Å². The van der Waals surface area contributed by atoms with Crippen molar-refractivity contribution in [2.24, 2.45) is 0 Å². The lowest BCUT2D eigenvalue weighted by Gasteiger charge is -1.92. The minimum Gasteiger partial charge on any atom is -0.393 e. The molecule has 0 saturated heterocycles. The Balaban J connectivity index is 4.32. The van der Waals surface area contributed by atoms with E-state index < -0.39 is 0 Å². The minimum atomic E-state index is 1.00. The van der Waals surface area contributed by atoms with E-state index >= 15 is 0 Å². The summed E-state index contributed by atoms with van der Waals surface area (Å²) in [5.41, 5.74) is 1.00. The van der Waals surface area contributed by atoms with Crippen LogP contribution in [-0.2, 0) is 0 Å². The van der Waals surface area contributed by atoms with Crippen molar-refractivity contribution in [3.05, 3.63) is 48.7 Å². The molecule has 0 unspecified atom stereocenters. The fourth-order valence-corrected chi connectivity index (χ4v) is 0.657. The third kappa shape index (κ3) is 5.23. The predicted octanol–water partition coefficient (Wildman–Crippen LogP) is 2.04. The summed E-state index contributed by atoms with van der Waals surface area (Å²) < 4.78 is 0. The van der Waals surface area contributed by atoms with Gasteiger partial charge in [0.15, 0.2) is 0 Å². The fourth-order valence-electron chi connectivity index (χ4n) is 0.657. The Labute approximate surface area is 73.5 Å². The highest BCUT2D eigenvalue weighted by molar-refractivity contribution is 5.69. The zero-order valence-electron chi connectivity index (χ0n) is 7.25. The van der Waals surface area contributed by atoms with Gasteiger partial charge in [-0.25, -0.2) is 0 Å². The van der Waals surface area contributed by atoms with Crippen LogP contribution in [-0.4, -0.2) is 13.3 Å². The maximum absolute atomic E-state index is 6.80. The summed E-state index contributed by atoms with van der Waals surface area (Å²) in [7, 11) is 1.83. The van der Waals surface area contributed by atoms with Gasteiger partial charge in [-0.15, -0.1) is 0 Å². The normalized spacial score (nSPS) is 12.2. The highest BCUT2D eigenvalue weighted by Crippen LogP contribution is 1.96. The average Bonchev–Trinajstić information content (AvgIpc) is 2.10. The first kappa shape index (κ1) is 10.4. The van der Waals surface area contributed by atoms with Crippen molar-refractivity contribution < 1.29 is 0 Å². The summed E-state index contributed by atoms with van der Waals surface area (Å²) in [5, 5.41) is 9.71. The molecule has 0 atom stereocenters. The van der Waals surface area contributed by atoms with Crippen LogP contribution in [0.4, 0.5) is 0 Å². The van der Waals surface area contributed by atoms with E-state index in [4.69, 9.17) is 5.41 Å². The molecule has 2 nitrogen and oxygen atoms in total. The summed E-state index contributed by atoms with van der Waals surface area (Å²) in [5.74, 6) is 0. The molecule has 0 aromatic heterocycles. The average molecular weight is 162 g/mol. The molecule has 0 radical (unpaired) electrons. The molecule has 64 valence electrons. The third-order valence-electron chi connectivity index (χ3n) is 1.12. The molecule has 0 spiro atoms. The van der Waals surface area contributed by atoms with Crippen LogP contribution in [0.5, 0.6) is 0 Å². The van der Waals surface area contributed by atoms with Gasteiger partial charge >= 0.3 is 0 Å². The predicted molar refractivity (Wildman–Crippen MR) is 54.4 cm³/mol. The summed E-state index contributed by atoms with van der Waals surface area (Å²) >= 11 is 0. The molecule has 0 fully saturated rings. The lowest BCUT2D eigenvalue weighted by molar-refractivity contribution is 1.09. The Hall–Kier alpha value is -1.57. The van der Waals surface area contributed by atoms with E-state index in [1.165, 1.54) is 6.21 Å². The zero-order chi connectivity index (χ0) is 9.23. The maximum Gasteiger partial charge on any atom is 0.0177 e. The van der Waals surface area contributed by atoms with Crippen LogP contribution in [0.25, 0.3) is 0 Å². The van der Waals surface area contributed by atoms with Gasteiger partial charge < -0.3 is 10.7 Å². The van der Waals surface area contributed by atoms with Crippen molar-refractivity contribution >= 4 is 6.21 Å². The first-order chi connectivity index (χ1) is 5.85.